The minimum absolute atomic E-state index is 0.0805. The lowest BCUT2D eigenvalue weighted by molar-refractivity contribution is -0.122. The summed E-state index contributed by atoms with van der Waals surface area (Å²) in [6.45, 7) is 4.97. The van der Waals surface area contributed by atoms with Gasteiger partial charge in [0.1, 0.15) is 0 Å². The van der Waals surface area contributed by atoms with E-state index in [2.05, 4.69) is 0 Å². The number of anilines is 3. The summed E-state index contributed by atoms with van der Waals surface area (Å²) in [5.41, 5.74) is 14.1. The van der Waals surface area contributed by atoms with E-state index in [4.69, 9.17) is 16.2 Å². The van der Waals surface area contributed by atoms with Gasteiger partial charge in [-0.2, -0.15) is 0 Å². The van der Waals surface area contributed by atoms with E-state index in [1.165, 1.54) is 0 Å². The van der Waals surface area contributed by atoms with Crippen LogP contribution in [0.15, 0.2) is 12.1 Å². The summed E-state index contributed by atoms with van der Waals surface area (Å²) in [4.78, 5) is 14.4. The van der Waals surface area contributed by atoms with Crippen molar-refractivity contribution < 1.29 is 9.53 Å². The molecule has 1 heterocycles. The van der Waals surface area contributed by atoms with Crippen LogP contribution in [0.5, 0.6) is 0 Å². The molecule has 0 spiro atoms. The Morgan fingerprint density at radius 1 is 1.30 bits per heavy atom. The fourth-order valence-corrected chi connectivity index (χ4v) is 2.67. The van der Waals surface area contributed by atoms with Gasteiger partial charge in [0.25, 0.3) is 0 Å². The van der Waals surface area contributed by atoms with Crippen LogP contribution < -0.4 is 16.4 Å². The SMILES string of the molecule is CC1(C)C(=O)N(CCOC2CC2)c2cc(N)c(N)cc21. The fourth-order valence-electron chi connectivity index (χ4n) is 2.67. The van der Waals surface area contributed by atoms with Gasteiger partial charge < -0.3 is 21.1 Å². The smallest absolute Gasteiger partial charge is 0.237 e. The highest BCUT2D eigenvalue weighted by atomic mass is 16.5. The number of ether oxygens (including phenoxy) is 1. The van der Waals surface area contributed by atoms with Crippen LogP contribution in [-0.4, -0.2) is 25.2 Å². The highest BCUT2D eigenvalue weighted by Gasteiger charge is 2.44. The van der Waals surface area contributed by atoms with Crippen LogP contribution in [0.1, 0.15) is 32.3 Å². The van der Waals surface area contributed by atoms with E-state index in [-0.39, 0.29) is 5.91 Å². The number of rotatable bonds is 4. The topological polar surface area (TPSA) is 81.6 Å². The van der Waals surface area contributed by atoms with Crippen molar-refractivity contribution in [2.75, 3.05) is 29.5 Å². The molecule has 108 valence electrons. The second-order valence-electron chi connectivity index (χ2n) is 6.15. The van der Waals surface area contributed by atoms with Crippen molar-refractivity contribution in [1.29, 1.82) is 0 Å². The molecule has 2 aliphatic rings. The molecule has 3 rings (SSSR count). The second-order valence-corrected chi connectivity index (χ2v) is 6.15. The van der Waals surface area contributed by atoms with Gasteiger partial charge in [0.2, 0.25) is 5.91 Å². The standard InChI is InChI=1S/C15H21N3O2/c1-15(2)10-7-11(16)12(17)8-13(10)18(14(15)19)5-6-20-9-3-4-9/h7-9H,3-6,16-17H2,1-2H3. The monoisotopic (exact) mass is 275 g/mol. The van der Waals surface area contributed by atoms with Crippen molar-refractivity contribution >= 4 is 23.0 Å². The van der Waals surface area contributed by atoms with Crippen LogP contribution in [0.3, 0.4) is 0 Å². The lowest BCUT2D eigenvalue weighted by Gasteiger charge is -2.20. The van der Waals surface area contributed by atoms with E-state index >= 15 is 0 Å². The number of carbonyl (C=O) groups is 1. The Hall–Kier alpha value is -1.75. The first kappa shape index (κ1) is 13.2. The molecule has 0 radical (unpaired) electrons. The molecule has 0 unspecified atom stereocenters. The molecule has 0 bridgehead atoms. The molecule has 1 fully saturated rings. The van der Waals surface area contributed by atoms with Crippen LogP contribution in [0.4, 0.5) is 17.1 Å². The van der Waals surface area contributed by atoms with Crippen molar-refractivity contribution in [2.45, 2.75) is 38.2 Å². The largest absolute Gasteiger partial charge is 0.397 e. The third-order valence-electron chi connectivity index (χ3n) is 4.14. The number of carbonyl (C=O) groups excluding carboxylic acids is 1. The maximum Gasteiger partial charge on any atom is 0.237 e. The number of hydrogen-bond acceptors (Lipinski definition) is 4. The third kappa shape index (κ3) is 2.02. The summed E-state index contributed by atoms with van der Waals surface area (Å²) >= 11 is 0. The minimum atomic E-state index is -0.559. The molecule has 1 aliphatic heterocycles. The van der Waals surface area contributed by atoms with Crippen LogP contribution in [0.2, 0.25) is 0 Å². The van der Waals surface area contributed by atoms with Gasteiger partial charge in [-0.15, -0.1) is 0 Å². The average Bonchev–Trinajstić information content (AvgIpc) is 3.18. The lowest BCUT2D eigenvalue weighted by atomic mass is 9.86. The van der Waals surface area contributed by atoms with Gasteiger partial charge in [0.05, 0.1) is 35.2 Å². The number of nitrogens with two attached hydrogens (primary N) is 2. The zero-order valence-corrected chi connectivity index (χ0v) is 12.0. The molecule has 1 aromatic carbocycles. The zero-order valence-electron chi connectivity index (χ0n) is 12.0. The predicted octanol–water partition coefficient (Wildman–Crippen LogP) is 1.65. The first-order valence-corrected chi connectivity index (χ1v) is 7.04. The van der Waals surface area contributed by atoms with Gasteiger partial charge in [0.15, 0.2) is 0 Å². The van der Waals surface area contributed by atoms with Crippen molar-refractivity contribution in [3.8, 4) is 0 Å². The maximum absolute atomic E-state index is 12.6. The molecule has 0 saturated heterocycles. The highest BCUT2D eigenvalue weighted by Crippen LogP contribution is 2.44. The van der Waals surface area contributed by atoms with E-state index in [0.29, 0.717) is 30.6 Å². The third-order valence-corrected chi connectivity index (χ3v) is 4.14. The number of nitrogens with zero attached hydrogens (tertiary/aromatic N) is 1. The summed E-state index contributed by atoms with van der Waals surface area (Å²) in [6.07, 6.45) is 2.68. The van der Waals surface area contributed by atoms with Gasteiger partial charge in [0, 0.05) is 6.54 Å². The number of hydrogen-bond donors (Lipinski definition) is 2. The predicted molar refractivity (Wildman–Crippen MR) is 79.6 cm³/mol. The van der Waals surface area contributed by atoms with E-state index in [1.54, 1.807) is 11.0 Å². The minimum Gasteiger partial charge on any atom is -0.397 e. The summed E-state index contributed by atoms with van der Waals surface area (Å²) in [5, 5.41) is 0. The Kier molecular flexibility index (Phi) is 2.90. The Bertz CT molecular complexity index is 564. The molecule has 20 heavy (non-hydrogen) atoms. The van der Waals surface area contributed by atoms with Gasteiger partial charge in [-0.25, -0.2) is 0 Å². The Morgan fingerprint density at radius 3 is 2.60 bits per heavy atom. The summed E-state index contributed by atoms with van der Waals surface area (Å²) in [5.74, 6) is 0.0805. The quantitative estimate of drug-likeness (QED) is 0.819. The maximum atomic E-state index is 12.6. The molecule has 1 aromatic rings. The molecule has 0 atom stereocenters. The molecule has 1 aliphatic carbocycles. The molecular weight excluding hydrogens is 254 g/mol. The van der Waals surface area contributed by atoms with Crippen LogP contribution in [-0.2, 0) is 14.9 Å². The Morgan fingerprint density at radius 2 is 1.95 bits per heavy atom. The highest BCUT2D eigenvalue weighted by molar-refractivity contribution is 6.08. The first-order valence-electron chi connectivity index (χ1n) is 7.04. The number of fused-ring (bicyclic) bond motifs is 1. The molecule has 0 aromatic heterocycles. The van der Waals surface area contributed by atoms with Crippen LogP contribution >= 0.6 is 0 Å². The van der Waals surface area contributed by atoms with Crippen molar-refractivity contribution in [2.24, 2.45) is 0 Å². The van der Waals surface area contributed by atoms with Gasteiger partial charge >= 0.3 is 0 Å². The molecule has 5 nitrogen and oxygen atoms in total. The van der Waals surface area contributed by atoms with Crippen LogP contribution in [0.25, 0.3) is 0 Å². The normalized spacial score (nSPS) is 20.3. The molecule has 1 amide bonds. The van der Waals surface area contributed by atoms with Crippen molar-refractivity contribution in [3.63, 3.8) is 0 Å². The Balaban J connectivity index is 1.88. The van der Waals surface area contributed by atoms with Gasteiger partial charge in [-0.1, -0.05) is 0 Å². The van der Waals surface area contributed by atoms with Crippen LogP contribution in [0, 0.1) is 0 Å². The van der Waals surface area contributed by atoms with Crippen molar-refractivity contribution in [1.82, 2.24) is 0 Å². The molecule has 4 N–H and O–H groups in total. The van der Waals surface area contributed by atoms with E-state index in [9.17, 15) is 4.79 Å². The summed E-state index contributed by atoms with van der Waals surface area (Å²) < 4.78 is 5.65. The van der Waals surface area contributed by atoms with Crippen molar-refractivity contribution in [3.05, 3.63) is 17.7 Å². The van der Waals surface area contributed by atoms with E-state index in [0.717, 1.165) is 24.1 Å². The fraction of sp³-hybridized carbons (Fsp3) is 0.533. The number of nitrogen functional groups attached to an aromatic ring is 2. The summed E-state index contributed by atoms with van der Waals surface area (Å²) in [7, 11) is 0. The number of amides is 1. The zero-order chi connectivity index (χ0) is 14.5. The lowest BCUT2D eigenvalue weighted by Crippen LogP contribution is -2.38. The average molecular weight is 275 g/mol. The first-order chi connectivity index (χ1) is 9.41. The summed E-state index contributed by atoms with van der Waals surface area (Å²) in [6, 6.07) is 3.62. The van der Waals surface area contributed by atoms with Gasteiger partial charge in [-0.05, 0) is 44.4 Å². The number of benzene rings is 1. The van der Waals surface area contributed by atoms with E-state index < -0.39 is 5.41 Å². The van der Waals surface area contributed by atoms with Gasteiger partial charge in [-0.3, -0.25) is 4.79 Å². The second kappa shape index (κ2) is 4.38. The molecule has 5 heteroatoms. The Labute approximate surface area is 118 Å². The van der Waals surface area contributed by atoms with E-state index in [1.807, 2.05) is 19.9 Å². The molecule has 1 saturated carbocycles. The molecular formula is C15H21N3O2.